The van der Waals surface area contributed by atoms with E-state index in [1.54, 1.807) is 20.1 Å². The Labute approximate surface area is 120 Å². The van der Waals surface area contributed by atoms with Gasteiger partial charge in [-0.25, -0.2) is 14.8 Å². The summed E-state index contributed by atoms with van der Waals surface area (Å²) in [6.07, 6.45) is 0. The van der Waals surface area contributed by atoms with Gasteiger partial charge in [0.05, 0.1) is 23.9 Å². The number of hydrogen-bond donors (Lipinski definition) is 2. The Balaban J connectivity index is 2.25. The molecule has 0 saturated heterocycles. The number of aromatic amines is 1. The fourth-order valence-electron chi connectivity index (χ4n) is 2.20. The summed E-state index contributed by atoms with van der Waals surface area (Å²) in [7, 11) is 1.58. The number of aromatic carboxylic acids is 1. The third kappa shape index (κ3) is 2.31. The molecule has 2 N–H and O–H groups in total. The lowest BCUT2D eigenvalue weighted by atomic mass is 10.1. The number of carbonyl (C=O) groups is 1. The van der Waals surface area contributed by atoms with E-state index in [1.165, 1.54) is 6.07 Å². The van der Waals surface area contributed by atoms with Gasteiger partial charge in [-0.3, -0.25) is 0 Å². The number of methoxy groups -OCH3 is 1. The van der Waals surface area contributed by atoms with Crippen LogP contribution in [0, 0.1) is 6.92 Å². The van der Waals surface area contributed by atoms with Crippen LogP contribution in [0.3, 0.4) is 0 Å². The van der Waals surface area contributed by atoms with Crippen molar-refractivity contribution < 1.29 is 14.6 Å². The normalized spacial score (nSPS) is 10.8. The van der Waals surface area contributed by atoms with Crippen LogP contribution in [0.5, 0.6) is 5.75 Å². The molecule has 0 atom stereocenters. The summed E-state index contributed by atoms with van der Waals surface area (Å²) in [4.78, 5) is 23.0. The molecule has 1 aromatic carbocycles. The molecule has 3 aromatic rings. The quantitative estimate of drug-likeness (QED) is 0.771. The van der Waals surface area contributed by atoms with Crippen LogP contribution in [0.25, 0.3) is 22.4 Å². The number of benzene rings is 1. The first-order chi connectivity index (χ1) is 10.1. The smallest absolute Gasteiger partial charge is 0.338 e. The van der Waals surface area contributed by atoms with Crippen molar-refractivity contribution in [3.63, 3.8) is 0 Å². The topological polar surface area (TPSA) is 88.1 Å². The summed E-state index contributed by atoms with van der Waals surface area (Å²) < 4.78 is 5.18. The molecule has 21 heavy (non-hydrogen) atoms. The van der Waals surface area contributed by atoms with Crippen molar-refractivity contribution in [3.05, 3.63) is 41.7 Å². The summed E-state index contributed by atoms with van der Waals surface area (Å²) in [5, 5.41) is 9.36. The van der Waals surface area contributed by atoms with Crippen LogP contribution < -0.4 is 4.74 Å². The molecule has 6 nitrogen and oxygen atoms in total. The molecule has 0 amide bonds. The second-order valence-corrected chi connectivity index (χ2v) is 4.61. The largest absolute Gasteiger partial charge is 0.497 e. The van der Waals surface area contributed by atoms with Crippen LogP contribution in [-0.4, -0.2) is 33.1 Å². The minimum Gasteiger partial charge on any atom is -0.497 e. The van der Waals surface area contributed by atoms with Crippen molar-refractivity contribution in [2.45, 2.75) is 6.92 Å². The van der Waals surface area contributed by atoms with E-state index >= 15 is 0 Å². The van der Waals surface area contributed by atoms with Crippen molar-refractivity contribution in [1.29, 1.82) is 0 Å². The number of pyridine rings is 1. The van der Waals surface area contributed by atoms with Crippen molar-refractivity contribution in [3.8, 4) is 17.0 Å². The number of nitrogens with zero attached hydrogens (tertiary/aromatic N) is 2. The molecule has 0 saturated carbocycles. The van der Waals surface area contributed by atoms with E-state index in [9.17, 15) is 9.90 Å². The first kappa shape index (κ1) is 13.1. The minimum atomic E-state index is -1.02. The Bertz CT molecular complexity index is 839. The summed E-state index contributed by atoms with van der Waals surface area (Å²) >= 11 is 0. The number of ether oxygens (including phenoxy) is 1. The molecule has 0 radical (unpaired) electrons. The molecule has 3 rings (SSSR count). The third-order valence-corrected chi connectivity index (χ3v) is 3.18. The Hall–Kier alpha value is -2.89. The van der Waals surface area contributed by atoms with E-state index in [4.69, 9.17) is 4.74 Å². The van der Waals surface area contributed by atoms with Crippen molar-refractivity contribution in [2.75, 3.05) is 7.11 Å². The SMILES string of the molecule is COc1cccc(-c2cc(C(=O)O)c3[nH]c(C)nc3n2)c1. The summed E-state index contributed by atoms with van der Waals surface area (Å²) in [6, 6.07) is 8.84. The van der Waals surface area contributed by atoms with Gasteiger partial charge in [0.2, 0.25) is 0 Å². The van der Waals surface area contributed by atoms with Gasteiger partial charge >= 0.3 is 5.97 Å². The van der Waals surface area contributed by atoms with Crippen LogP contribution in [0.2, 0.25) is 0 Å². The van der Waals surface area contributed by atoms with E-state index in [2.05, 4.69) is 15.0 Å². The maximum Gasteiger partial charge on any atom is 0.338 e. The summed E-state index contributed by atoms with van der Waals surface area (Å²) in [6.45, 7) is 1.76. The van der Waals surface area contributed by atoms with E-state index in [0.717, 1.165) is 5.56 Å². The Morgan fingerprint density at radius 2 is 2.10 bits per heavy atom. The third-order valence-electron chi connectivity index (χ3n) is 3.18. The first-order valence-corrected chi connectivity index (χ1v) is 6.33. The zero-order valence-electron chi connectivity index (χ0n) is 11.5. The lowest BCUT2D eigenvalue weighted by Gasteiger charge is -2.05. The molecule has 0 unspecified atom stereocenters. The van der Waals surface area contributed by atoms with Crippen LogP contribution >= 0.6 is 0 Å². The fraction of sp³-hybridized carbons (Fsp3) is 0.133. The van der Waals surface area contributed by atoms with E-state index in [1.807, 2.05) is 18.2 Å². The average Bonchev–Trinajstić information content (AvgIpc) is 2.86. The predicted molar refractivity (Wildman–Crippen MR) is 77.6 cm³/mol. The highest BCUT2D eigenvalue weighted by Crippen LogP contribution is 2.26. The van der Waals surface area contributed by atoms with Gasteiger partial charge in [-0.05, 0) is 25.1 Å². The van der Waals surface area contributed by atoms with Crippen molar-refractivity contribution >= 4 is 17.1 Å². The number of aromatic nitrogens is 3. The van der Waals surface area contributed by atoms with Gasteiger partial charge < -0.3 is 14.8 Å². The molecule has 2 aromatic heterocycles. The van der Waals surface area contributed by atoms with Crippen LogP contribution in [-0.2, 0) is 0 Å². The Morgan fingerprint density at radius 1 is 1.29 bits per heavy atom. The molecule has 0 spiro atoms. The number of fused-ring (bicyclic) bond motifs is 1. The number of H-pyrrole nitrogens is 1. The minimum absolute atomic E-state index is 0.151. The highest BCUT2D eigenvalue weighted by Gasteiger charge is 2.16. The van der Waals surface area contributed by atoms with E-state index in [-0.39, 0.29) is 5.56 Å². The van der Waals surface area contributed by atoms with Crippen molar-refractivity contribution in [1.82, 2.24) is 15.0 Å². The molecule has 106 valence electrons. The molecule has 0 aliphatic carbocycles. The highest BCUT2D eigenvalue weighted by atomic mass is 16.5. The second kappa shape index (κ2) is 4.90. The molecule has 0 aliphatic heterocycles. The standard InChI is InChI=1S/C15H13N3O3/c1-8-16-13-11(15(19)20)7-12(18-14(13)17-8)9-4-3-5-10(6-9)21-2/h3-7H,1-2H3,(H,19,20)(H,16,17,18). The molecule has 6 heteroatoms. The summed E-state index contributed by atoms with van der Waals surface area (Å²) in [5.74, 6) is 0.294. The van der Waals surface area contributed by atoms with Gasteiger partial charge in [-0.1, -0.05) is 12.1 Å². The number of rotatable bonds is 3. The zero-order valence-corrected chi connectivity index (χ0v) is 11.5. The number of imidazole rings is 1. The molecule has 2 heterocycles. The second-order valence-electron chi connectivity index (χ2n) is 4.61. The van der Waals surface area contributed by atoms with Gasteiger partial charge in [-0.2, -0.15) is 0 Å². The Kier molecular flexibility index (Phi) is 3.06. The van der Waals surface area contributed by atoms with Gasteiger partial charge in [0.25, 0.3) is 0 Å². The Morgan fingerprint density at radius 3 is 2.81 bits per heavy atom. The number of aryl methyl sites for hydroxylation is 1. The fourth-order valence-corrected chi connectivity index (χ4v) is 2.20. The molecular formula is C15H13N3O3. The van der Waals surface area contributed by atoms with Gasteiger partial charge in [0, 0.05) is 5.56 Å². The summed E-state index contributed by atoms with van der Waals surface area (Å²) in [5.41, 5.74) is 2.31. The molecule has 0 aliphatic rings. The van der Waals surface area contributed by atoms with Crippen LogP contribution in [0.15, 0.2) is 30.3 Å². The number of nitrogens with one attached hydrogen (secondary N) is 1. The maximum atomic E-state index is 11.4. The molecule has 0 fully saturated rings. The van der Waals surface area contributed by atoms with Crippen LogP contribution in [0.1, 0.15) is 16.2 Å². The lowest BCUT2D eigenvalue weighted by Crippen LogP contribution is -2.00. The molecular weight excluding hydrogens is 270 g/mol. The lowest BCUT2D eigenvalue weighted by molar-refractivity contribution is 0.0699. The van der Waals surface area contributed by atoms with Gasteiger partial charge in [-0.15, -0.1) is 0 Å². The first-order valence-electron chi connectivity index (χ1n) is 6.33. The monoisotopic (exact) mass is 283 g/mol. The zero-order chi connectivity index (χ0) is 15.0. The number of hydrogen-bond acceptors (Lipinski definition) is 4. The molecule has 0 bridgehead atoms. The maximum absolute atomic E-state index is 11.4. The van der Waals surface area contributed by atoms with Gasteiger partial charge in [0.1, 0.15) is 11.6 Å². The van der Waals surface area contributed by atoms with Gasteiger partial charge in [0.15, 0.2) is 5.65 Å². The highest BCUT2D eigenvalue weighted by molar-refractivity contribution is 6.01. The number of carboxylic acid groups (broad SMARTS) is 1. The van der Waals surface area contributed by atoms with E-state index in [0.29, 0.717) is 28.4 Å². The van der Waals surface area contributed by atoms with Crippen LogP contribution in [0.4, 0.5) is 0 Å². The number of carboxylic acids is 1. The average molecular weight is 283 g/mol. The van der Waals surface area contributed by atoms with E-state index < -0.39 is 5.97 Å². The predicted octanol–water partition coefficient (Wildman–Crippen LogP) is 2.64. The van der Waals surface area contributed by atoms with Crippen molar-refractivity contribution in [2.24, 2.45) is 0 Å².